The zero-order chi connectivity index (χ0) is 15.0. The fourth-order valence-electron chi connectivity index (χ4n) is 1.28. The Morgan fingerprint density at radius 1 is 1.37 bits per heavy atom. The van der Waals surface area contributed by atoms with Gasteiger partial charge in [0.1, 0.15) is 0 Å². The quantitative estimate of drug-likeness (QED) is 0.490. The standard InChI is InChI=1S/C6H15N.C4H3ClN4O3/c1-4-7(5-2)6-3;5-2-1(9(11)12)3(10)8-4(6)7-2/h4-6H2,1-3H3;(H3,6,7,8,10). The molecule has 0 aliphatic heterocycles. The van der Waals surface area contributed by atoms with E-state index in [0.717, 1.165) is 0 Å². The molecule has 0 aliphatic rings. The molecular formula is C10H18ClN5O3. The zero-order valence-electron chi connectivity index (χ0n) is 11.1. The maximum Gasteiger partial charge on any atom is 0.370 e. The second kappa shape index (κ2) is 8.44. The minimum atomic E-state index is -0.961. The summed E-state index contributed by atoms with van der Waals surface area (Å²) in [6.07, 6.45) is 0. The Labute approximate surface area is 115 Å². The van der Waals surface area contributed by atoms with Crippen LogP contribution in [0.1, 0.15) is 20.8 Å². The van der Waals surface area contributed by atoms with Gasteiger partial charge in [0, 0.05) is 0 Å². The molecular weight excluding hydrogens is 274 g/mol. The number of nitrogens with zero attached hydrogens (tertiary/aromatic N) is 3. The fraction of sp³-hybridized carbons (Fsp3) is 0.600. The monoisotopic (exact) mass is 291 g/mol. The first kappa shape index (κ1) is 17.3. The third-order valence-electron chi connectivity index (χ3n) is 2.39. The van der Waals surface area contributed by atoms with Gasteiger partial charge in [0.15, 0.2) is 0 Å². The molecule has 0 saturated heterocycles. The van der Waals surface area contributed by atoms with E-state index in [-0.39, 0.29) is 5.95 Å². The number of aromatic amines is 1. The smallest absolute Gasteiger partial charge is 0.369 e. The molecule has 19 heavy (non-hydrogen) atoms. The lowest BCUT2D eigenvalue weighted by Crippen LogP contribution is -2.21. The zero-order valence-corrected chi connectivity index (χ0v) is 11.9. The molecule has 3 N–H and O–H groups in total. The van der Waals surface area contributed by atoms with Gasteiger partial charge >= 0.3 is 11.2 Å². The molecule has 0 radical (unpaired) electrons. The number of aromatic nitrogens is 2. The summed E-state index contributed by atoms with van der Waals surface area (Å²) in [6.45, 7) is 10.1. The minimum Gasteiger partial charge on any atom is -0.369 e. The van der Waals surface area contributed by atoms with Crippen LogP contribution in [0, 0.1) is 10.1 Å². The van der Waals surface area contributed by atoms with Gasteiger partial charge in [0.25, 0.3) is 0 Å². The molecule has 0 amide bonds. The molecule has 1 aromatic heterocycles. The van der Waals surface area contributed by atoms with Crippen molar-refractivity contribution in [2.45, 2.75) is 20.8 Å². The molecule has 0 atom stereocenters. The molecule has 1 rings (SSSR count). The minimum absolute atomic E-state index is 0.254. The lowest BCUT2D eigenvalue weighted by atomic mass is 10.5. The van der Waals surface area contributed by atoms with Gasteiger partial charge in [-0.3, -0.25) is 19.9 Å². The number of anilines is 1. The van der Waals surface area contributed by atoms with Crippen molar-refractivity contribution in [3.8, 4) is 0 Å². The molecule has 0 fully saturated rings. The average molecular weight is 292 g/mol. The van der Waals surface area contributed by atoms with E-state index in [9.17, 15) is 14.9 Å². The van der Waals surface area contributed by atoms with Crippen LogP contribution in [0.2, 0.25) is 5.15 Å². The van der Waals surface area contributed by atoms with E-state index in [1.807, 2.05) is 4.98 Å². The summed E-state index contributed by atoms with van der Waals surface area (Å²) in [7, 11) is 0. The predicted octanol–water partition coefficient (Wildman–Crippen LogP) is 1.26. The fourth-order valence-corrected chi connectivity index (χ4v) is 1.53. The van der Waals surface area contributed by atoms with Crippen molar-refractivity contribution in [1.82, 2.24) is 14.9 Å². The van der Waals surface area contributed by atoms with Crippen LogP contribution in [-0.2, 0) is 0 Å². The van der Waals surface area contributed by atoms with Crippen molar-refractivity contribution in [2.24, 2.45) is 0 Å². The number of nitrogens with two attached hydrogens (primary N) is 1. The predicted molar refractivity (Wildman–Crippen MR) is 74.4 cm³/mol. The van der Waals surface area contributed by atoms with Crippen LogP contribution in [0.15, 0.2) is 4.79 Å². The summed E-state index contributed by atoms with van der Waals surface area (Å²) in [5.41, 5.74) is 3.29. The van der Waals surface area contributed by atoms with Gasteiger partial charge in [-0.1, -0.05) is 32.4 Å². The SMILES string of the molecule is CCN(CC)CC.Nc1nc(Cl)c([N+](=O)[O-])c(=O)[nH]1. The number of hydrogen-bond donors (Lipinski definition) is 2. The van der Waals surface area contributed by atoms with Crippen LogP contribution in [0.25, 0.3) is 0 Å². The van der Waals surface area contributed by atoms with E-state index in [2.05, 4.69) is 30.7 Å². The Bertz CT molecular complexity index is 467. The van der Waals surface area contributed by atoms with Crippen LogP contribution in [-0.4, -0.2) is 39.4 Å². The number of hydrogen-bond acceptors (Lipinski definition) is 6. The molecule has 0 saturated carbocycles. The van der Waals surface area contributed by atoms with Crippen molar-refractivity contribution in [3.05, 3.63) is 25.6 Å². The molecule has 8 nitrogen and oxygen atoms in total. The molecule has 0 aliphatic carbocycles. The third-order valence-corrected chi connectivity index (χ3v) is 2.66. The highest BCUT2D eigenvalue weighted by Gasteiger charge is 2.19. The van der Waals surface area contributed by atoms with Crippen LogP contribution >= 0.6 is 11.6 Å². The summed E-state index contributed by atoms with van der Waals surface area (Å²) in [5, 5.41) is 9.66. The van der Waals surface area contributed by atoms with Gasteiger partial charge in [0.05, 0.1) is 4.92 Å². The van der Waals surface area contributed by atoms with Crippen molar-refractivity contribution in [3.63, 3.8) is 0 Å². The topological polar surface area (TPSA) is 118 Å². The van der Waals surface area contributed by atoms with E-state index in [0.29, 0.717) is 0 Å². The van der Waals surface area contributed by atoms with Gasteiger partial charge in [-0.25, -0.2) is 0 Å². The lowest BCUT2D eigenvalue weighted by molar-refractivity contribution is -0.386. The lowest BCUT2D eigenvalue weighted by Gasteiger charge is -2.13. The molecule has 9 heteroatoms. The highest BCUT2D eigenvalue weighted by Crippen LogP contribution is 2.15. The second-order valence-electron chi connectivity index (χ2n) is 3.47. The van der Waals surface area contributed by atoms with Crippen molar-refractivity contribution < 1.29 is 4.92 Å². The van der Waals surface area contributed by atoms with E-state index in [4.69, 9.17) is 17.3 Å². The molecule has 108 valence electrons. The normalized spacial score (nSPS) is 9.95. The van der Waals surface area contributed by atoms with E-state index in [1.165, 1.54) is 19.6 Å². The number of H-pyrrole nitrogens is 1. The van der Waals surface area contributed by atoms with E-state index < -0.39 is 21.3 Å². The molecule has 1 heterocycles. The number of nitro groups is 1. The Kier molecular flexibility index (Phi) is 7.69. The largest absolute Gasteiger partial charge is 0.370 e. The van der Waals surface area contributed by atoms with Crippen molar-refractivity contribution in [1.29, 1.82) is 0 Å². The Hall–Kier alpha value is -1.67. The second-order valence-corrected chi connectivity index (χ2v) is 3.83. The van der Waals surface area contributed by atoms with Gasteiger partial charge in [-0.2, -0.15) is 4.98 Å². The maximum atomic E-state index is 10.8. The molecule has 0 spiro atoms. The van der Waals surface area contributed by atoms with Gasteiger partial charge < -0.3 is 10.6 Å². The van der Waals surface area contributed by atoms with Gasteiger partial charge in [-0.05, 0) is 19.6 Å². The highest BCUT2D eigenvalue weighted by atomic mass is 35.5. The average Bonchev–Trinajstić information content (AvgIpc) is 2.30. The Morgan fingerprint density at radius 2 is 1.84 bits per heavy atom. The molecule has 1 aromatic rings. The van der Waals surface area contributed by atoms with Crippen LogP contribution in [0.3, 0.4) is 0 Å². The first-order valence-corrected chi connectivity index (χ1v) is 6.17. The summed E-state index contributed by atoms with van der Waals surface area (Å²) in [5.74, 6) is -0.254. The first-order chi connectivity index (χ1) is 8.87. The number of rotatable bonds is 4. The van der Waals surface area contributed by atoms with Crippen molar-refractivity contribution in [2.75, 3.05) is 25.4 Å². The van der Waals surface area contributed by atoms with Gasteiger partial charge in [0.2, 0.25) is 11.1 Å². The van der Waals surface area contributed by atoms with Crippen LogP contribution in [0.4, 0.5) is 11.6 Å². The van der Waals surface area contributed by atoms with Gasteiger partial charge in [-0.15, -0.1) is 0 Å². The third kappa shape index (κ3) is 5.66. The number of nitrogens with one attached hydrogen (secondary N) is 1. The van der Waals surface area contributed by atoms with E-state index in [1.54, 1.807) is 0 Å². The molecule has 0 unspecified atom stereocenters. The highest BCUT2D eigenvalue weighted by molar-refractivity contribution is 6.31. The Morgan fingerprint density at radius 3 is 2.11 bits per heavy atom. The first-order valence-electron chi connectivity index (χ1n) is 5.79. The summed E-state index contributed by atoms with van der Waals surface area (Å²) < 4.78 is 0. The number of nitrogen functional groups attached to an aromatic ring is 1. The molecule has 0 bridgehead atoms. The van der Waals surface area contributed by atoms with Crippen LogP contribution in [0.5, 0.6) is 0 Å². The summed E-state index contributed by atoms with van der Waals surface area (Å²) >= 11 is 5.28. The Balaban J connectivity index is 0.000000399. The van der Waals surface area contributed by atoms with Crippen molar-refractivity contribution >= 4 is 23.2 Å². The molecule has 0 aromatic carbocycles. The van der Waals surface area contributed by atoms with E-state index >= 15 is 0 Å². The summed E-state index contributed by atoms with van der Waals surface area (Å²) in [4.78, 5) is 27.7. The number of halogens is 1. The maximum absolute atomic E-state index is 10.8. The van der Waals surface area contributed by atoms with Crippen LogP contribution < -0.4 is 11.3 Å². The summed E-state index contributed by atoms with van der Waals surface area (Å²) in [6, 6.07) is 0.